The summed E-state index contributed by atoms with van der Waals surface area (Å²) in [5.41, 5.74) is 1.22. The van der Waals surface area contributed by atoms with Crippen LogP contribution in [0.3, 0.4) is 0 Å². The number of halogens is 2. The van der Waals surface area contributed by atoms with Crippen LogP contribution in [0.25, 0.3) is 0 Å². The van der Waals surface area contributed by atoms with Crippen LogP contribution in [0.15, 0.2) is 24.5 Å². The minimum absolute atomic E-state index is 0. The highest BCUT2D eigenvalue weighted by atomic mass is 79.9. The van der Waals surface area contributed by atoms with E-state index in [0.29, 0.717) is 11.0 Å². The quantitative estimate of drug-likeness (QED) is 0.363. The second kappa shape index (κ2) is 6.10. The first-order valence-electron chi connectivity index (χ1n) is 3.41. The second-order valence-electron chi connectivity index (χ2n) is 2.22. The smallest absolute Gasteiger partial charge is 0.343 e. The summed E-state index contributed by atoms with van der Waals surface area (Å²) in [5.74, 6) is -0.315. The summed E-state index contributed by atoms with van der Waals surface area (Å²) >= 11 is 3.27. The van der Waals surface area contributed by atoms with Gasteiger partial charge in [0.1, 0.15) is 5.56 Å². The normalized spacial score (nSPS) is 8.77. The van der Waals surface area contributed by atoms with Crippen LogP contribution in [0.4, 0.5) is 0 Å². The van der Waals surface area contributed by atoms with Crippen LogP contribution in [-0.2, 0) is 10.2 Å². The maximum Gasteiger partial charge on any atom is 0.343 e. The molecule has 0 unspecified atom stereocenters. The fourth-order valence-corrected chi connectivity index (χ4v) is 1.15. The van der Waals surface area contributed by atoms with Crippen molar-refractivity contribution in [2.45, 2.75) is 5.45 Å². The van der Waals surface area contributed by atoms with Crippen LogP contribution in [0.1, 0.15) is 10.4 Å². The van der Waals surface area contributed by atoms with E-state index in [1.54, 1.807) is 18.3 Å². The van der Waals surface area contributed by atoms with Gasteiger partial charge in [-0.2, -0.15) is 4.57 Å². The Labute approximate surface area is 95.6 Å². The molecule has 0 fully saturated rings. The third-order valence-corrected chi connectivity index (χ3v) is 2.00. The van der Waals surface area contributed by atoms with E-state index >= 15 is 0 Å². The lowest BCUT2D eigenvalue weighted by Crippen LogP contribution is -3.00. The average Bonchev–Trinajstić information content (AvgIpc) is 2.17. The van der Waals surface area contributed by atoms with Crippen LogP contribution in [-0.4, -0.2) is 13.1 Å². The highest BCUT2D eigenvalue weighted by Gasteiger charge is 2.08. The van der Waals surface area contributed by atoms with Crippen molar-refractivity contribution in [3.8, 4) is 0 Å². The molecule has 0 radical (unpaired) electrons. The first kappa shape index (κ1) is 12.6. The molecule has 0 bridgehead atoms. The van der Waals surface area contributed by atoms with Crippen LogP contribution in [0, 0.1) is 0 Å². The van der Waals surface area contributed by atoms with Gasteiger partial charge in [0.15, 0.2) is 12.4 Å². The molecule has 0 aliphatic heterocycles. The molecule has 0 saturated heterocycles. The molecule has 0 amide bonds. The molecule has 0 aromatic carbocycles. The molecule has 5 heteroatoms. The standard InChI is InChI=1S/C8H9BrNO2.BrH/c1-12-8(11)7-3-2-4-10(5-7)6-9;/h2-5H,6H2,1H3;1H/q+1;/p-1. The van der Waals surface area contributed by atoms with Gasteiger partial charge in [0.05, 0.1) is 7.11 Å². The van der Waals surface area contributed by atoms with E-state index in [1.165, 1.54) is 7.11 Å². The summed E-state index contributed by atoms with van der Waals surface area (Å²) in [5, 5.41) is 0. The number of ether oxygens (including phenoxy) is 1. The minimum Gasteiger partial charge on any atom is -1.00 e. The van der Waals surface area contributed by atoms with E-state index in [-0.39, 0.29) is 23.0 Å². The second-order valence-corrected chi connectivity index (χ2v) is 2.72. The molecule has 1 aromatic heterocycles. The van der Waals surface area contributed by atoms with E-state index in [0.717, 1.165) is 0 Å². The van der Waals surface area contributed by atoms with Gasteiger partial charge >= 0.3 is 5.97 Å². The highest BCUT2D eigenvalue weighted by molar-refractivity contribution is 9.08. The number of methoxy groups -OCH3 is 1. The van der Waals surface area contributed by atoms with E-state index in [1.807, 2.05) is 10.8 Å². The number of carbonyl (C=O) groups excluding carboxylic acids is 1. The summed E-state index contributed by atoms with van der Waals surface area (Å²) in [4.78, 5) is 11.0. The lowest BCUT2D eigenvalue weighted by molar-refractivity contribution is -0.674. The number of aromatic nitrogens is 1. The maximum atomic E-state index is 11.0. The van der Waals surface area contributed by atoms with Gasteiger partial charge in [0.25, 0.3) is 0 Å². The average molecular weight is 311 g/mol. The van der Waals surface area contributed by atoms with Crippen molar-refractivity contribution in [2.24, 2.45) is 0 Å². The molecule has 1 aromatic rings. The molecular weight excluding hydrogens is 302 g/mol. The van der Waals surface area contributed by atoms with Crippen molar-refractivity contribution in [3.63, 3.8) is 0 Å². The van der Waals surface area contributed by atoms with E-state index in [9.17, 15) is 4.79 Å². The van der Waals surface area contributed by atoms with Gasteiger partial charge < -0.3 is 21.7 Å². The first-order valence-corrected chi connectivity index (χ1v) is 4.53. The molecule has 0 atom stereocenters. The Hall–Kier alpha value is -0.420. The molecule has 0 N–H and O–H groups in total. The number of pyridine rings is 1. The zero-order chi connectivity index (χ0) is 8.97. The minimum atomic E-state index is -0.315. The van der Waals surface area contributed by atoms with Gasteiger partial charge in [-0.25, -0.2) is 4.79 Å². The Morgan fingerprint density at radius 2 is 2.38 bits per heavy atom. The van der Waals surface area contributed by atoms with Gasteiger partial charge in [0, 0.05) is 6.07 Å². The SMILES string of the molecule is COC(=O)c1ccc[n+](CBr)c1.[Br-]. The number of hydrogen-bond donors (Lipinski definition) is 0. The van der Waals surface area contributed by atoms with Gasteiger partial charge in [-0.15, -0.1) is 0 Å². The summed E-state index contributed by atoms with van der Waals surface area (Å²) in [6.45, 7) is 0. The summed E-state index contributed by atoms with van der Waals surface area (Å²) in [6.07, 6.45) is 3.59. The zero-order valence-corrected chi connectivity index (χ0v) is 10.2. The topological polar surface area (TPSA) is 30.2 Å². The first-order chi connectivity index (χ1) is 5.77. The van der Waals surface area contributed by atoms with Crippen LogP contribution in [0.5, 0.6) is 0 Å². The molecular formula is C8H9Br2NO2. The van der Waals surface area contributed by atoms with Crippen molar-refractivity contribution in [1.82, 2.24) is 0 Å². The summed E-state index contributed by atoms with van der Waals surface area (Å²) in [6, 6.07) is 3.51. The molecule has 0 spiro atoms. The molecule has 0 aliphatic carbocycles. The van der Waals surface area contributed by atoms with Crippen LogP contribution >= 0.6 is 15.9 Å². The van der Waals surface area contributed by atoms with Gasteiger partial charge in [-0.3, -0.25) is 0 Å². The Morgan fingerprint density at radius 3 is 2.92 bits per heavy atom. The summed E-state index contributed by atoms with van der Waals surface area (Å²) in [7, 11) is 1.37. The molecule has 0 aliphatic rings. The molecule has 72 valence electrons. The Bertz CT molecular complexity index is 291. The number of carbonyl (C=O) groups is 1. The lowest BCUT2D eigenvalue weighted by Gasteiger charge is -1.96. The maximum absolute atomic E-state index is 11.0. The van der Waals surface area contributed by atoms with Crippen molar-refractivity contribution in [2.75, 3.05) is 7.11 Å². The Morgan fingerprint density at radius 1 is 1.69 bits per heavy atom. The molecule has 0 saturated carbocycles. The van der Waals surface area contributed by atoms with Crippen LogP contribution < -0.4 is 21.5 Å². The van der Waals surface area contributed by atoms with Crippen molar-refractivity contribution >= 4 is 21.9 Å². The Balaban J connectivity index is 0.00000144. The highest BCUT2D eigenvalue weighted by Crippen LogP contribution is 1.96. The van der Waals surface area contributed by atoms with E-state index < -0.39 is 0 Å². The monoisotopic (exact) mass is 309 g/mol. The summed E-state index contributed by atoms with van der Waals surface area (Å²) < 4.78 is 6.41. The molecule has 3 nitrogen and oxygen atoms in total. The third-order valence-electron chi connectivity index (χ3n) is 1.42. The molecule has 1 heterocycles. The van der Waals surface area contributed by atoms with E-state index in [4.69, 9.17) is 0 Å². The van der Waals surface area contributed by atoms with Crippen molar-refractivity contribution < 1.29 is 31.1 Å². The lowest BCUT2D eigenvalue weighted by atomic mass is 10.3. The fourth-order valence-electron chi connectivity index (χ4n) is 0.835. The van der Waals surface area contributed by atoms with Gasteiger partial charge in [0.2, 0.25) is 5.45 Å². The molecule has 1 rings (SSSR count). The van der Waals surface area contributed by atoms with Gasteiger partial charge in [-0.1, -0.05) is 0 Å². The van der Waals surface area contributed by atoms with Gasteiger partial charge in [-0.05, 0) is 22.0 Å². The number of esters is 1. The number of nitrogens with zero attached hydrogens (tertiary/aromatic N) is 1. The van der Waals surface area contributed by atoms with E-state index in [2.05, 4.69) is 20.7 Å². The Kier molecular flexibility index (Phi) is 5.90. The number of rotatable bonds is 2. The van der Waals surface area contributed by atoms with Crippen molar-refractivity contribution in [1.29, 1.82) is 0 Å². The zero-order valence-electron chi connectivity index (χ0n) is 7.04. The predicted molar refractivity (Wildman–Crippen MR) is 46.9 cm³/mol. The molecule has 13 heavy (non-hydrogen) atoms. The fraction of sp³-hybridized carbons (Fsp3) is 0.250. The number of alkyl halides is 1. The van der Waals surface area contributed by atoms with Crippen molar-refractivity contribution in [3.05, 3.63) is 30.1 Å². The van der Waals surface area contributed by atoms with Crippen LogP contribution in [0.2, 0.25) is 0 Å². The largest absolute Gasteiger partial charge is 1.00 e. The number of hydrogen-bond acceptors (Lipinski definition) is 2. The predicted octanol–water partition coefficient (Wildman–Crippen LogP) is -1.88. The third kappa shape index (κ3) is 3.44.